The largest absolute Gasteiger partial charge is 0.370 e. The molecule has 102 valence electrons. The molecule has 0 atom stereocenters. The Morgan fingerprint density at radius 1 is 1.26 bits per heavy atom. The van der Waals surface area contributed by atoms with Crippen LogP contribution in [0.25, 0.3) is 0 Å². The van der Waals surface area contributed by atoms with Crippen LogP contribution < -0.4 is 16.4 Å². The van der Waals surface area contributed by atoms with E-state index >= 15 is 0 Å². The highest BCUT2D eigenvalue weighted by molar-refractivity contribution is 5.93. The molecule has 0 spiro atoms. The average Bonchev–Trinajstić information content (AvgIpc) is 2.90. The Hall–Kier alpha value is -2.04. The van der Waals surface area contributed by atoms with E-state index in [2.05, 4.69) is 15.6 Å². The topological polar surface area (TPSA) is 79.5 Å². The fourth-order valence-electron chi connectivity index (χ4n) is 2.20. The van der Waals surface area contributed by atoms with Crippen molar-refractivity contribution >= 4 is 17.6 Å². The molecule has 1 aromatic rings. The van der Waals surface area contributed by atoms with E-state index in [9.17, 15) is 4.79 Å². The predicted molar refractivity (Wildman–Crippen MR) is 77.0 cm³/mol. The normalized spacial score (nSPS) is 16.3. The Kier molecular flexibility index (Phi) is 4.78. The Bertz CT molecular complexity index is 438. The van der Waals surface area contributed by atoms with Gasteiger partial charge < -0.3 is 16.4 Å². The molecule has 2 rings (SSSR count). The first-order chi connectivity index (χ1) is 9.24. The van der Waals surface area contributed by atoms with Crippen LogP contribution in [-0.2, 0) is 4.79 Å². The van der Waals surface area contributed by atoms with Crippen molar-refractivity contribution in [2.75, 3.05) is 11.9 Å². The fourth-order valence-corrected chi connectivity index (χ4v) is 2.20. The molecular formula is C14H20N4O. The Labute approximate surface area is 113 Å². The molecule has 1 saturated carbocycles. The van der Waals surface area contributed by atoms with Gasteiger partial charge in [0.1, 0.15) is 6.54 Å². The van der Waals surface area contributed by atoms with Crippen LogP contribution in [0.4, 0.5) is 5.69 Å². The summed E-state index contributed by atoms with van der Waals surface area (Å²) in [4.78, 5) is 15.7. The second-order valence-electron chi connectivity index (χ2n) is 4.74. The van der Waals surface area contributed by atoms with Gasteiger partial charge in [0.2, 0.25) is 5.91 Å². The minimum absolute atomic E-state index is 0.0421. The van der Waals surface area contributed by atoms with Crippen molar-refractivity contribution < 1.29 is 4.79 Å². The van der Waals surface area contributed by atoms with Crippen molar-refractivity contribution in [2.45, 2.75) is 31.7 Å². The number of guanidine groups is 1. The second-order valence-corrected chi connectivity index (χ2v) is 4.74. The predicted octanol–water partition coefficient (Wildman–Crippen LogP) is 1.47. The van der Waals surface area contributed by atoms with Crippen molar-refractivity contribution in [1.82, 2.24) is 5.32 Å². The van der Waals surface area contributed by atoms with Gasteiger partial charge in [0.25, 0.3) is 0 Å². The molecule has 5 nitrogen and oxygen atoms in total. The summed E-state index contributed by atoms with van der Waals surface area (Å²) < 4.78 is 0. The van der Waals surface area contributed by atoms with Crippen LogP contribution in [0.1, 0.15) is 25.7 Å². The molecule has 0 aliphatic heterocycles. The SMILES string of the molecule is NC(=NCC(=O)Nc1ccccc1)NC1CCCC1. The van der Waals surface area contributed by atoms with Crippen LogP contribution in [0, 0.1) is 0 Å². The van der Waals surface area contributed by atoms with Gasteiger partial charge >= 0.3 is 0 Å². The zero-order valence-electron chi connectivity index (χ0n) is 10.9. The van der Waals surface area contributed by atoms with Crippen molar-refractivity contribution in [3.05, 3.63) is 30.3 Å². The third kappa shape index (κ3) is 4.62. The van der Waals surface area contributed by atoms with Gasteiger partial charge in [-0.3, -0.25) is 4.79 Å². The number of carbonyl (C=O) groups is 1. The maximum Gasteiger partial charge on any atom is 0.246 e. The summed E-state index contributed by atoms with van der Waals surface area (Å²) in [7, 11) is 0. The molecule has 4 N–H and O–H groups in total. The summed E-state index contributed by atoms with van der Waals surface area (Å²) >= 11 is 0. The van der Waals surface area contributed by atoms with E-state index in [1.165, 1.54) is 12.8 Å². The first-order valence-corrected chi connectivity index (χ1v) is 6.65. The van der Waals surface area contributed by atoms with E-state index in [0.29, 0.717) is 12.0 Å². The smallest absolute Gasteiger partial charge is 0.246 e. The molecule has 5 heteroatoms. The number of nitrogens with zero attached hydrogens (tertiary/aromatic N) is 1. The van der Waals surface area contributed by atoms with Gasteiger partial charge in [-0.05, 0) is 25.0 Å². The van der Waals surface area contributed by atoms with Gasteiger partial charge in [0.05, 0.1) is 0 Å². The quantitative estimate of drug-likeness (QED) is 0.566. The van der Waals surface area contributed by atoms with Gasteiger partial charge in [0.15, 0.2) is 5.96 Å². The average molecular weight is 260 g/mol. The number of hydrogen-bond acceptors (Lipinski definition) is 2. The summed E-state index contributed by atoms with van der Waals surface area (Å²) in [5.41, 5.74) is 6.52. The number of aliphatic imine (C=N–C) groups is 1. The fraction of sp³-hybridized carbons (Fsp3) is 0.429. The van der Waals surface area contributed by atoms with Crippen LogP contribution in [0.15, 0.2) is 35.3 Å². The highest BCUT2D eigenvalue weighted by Crippen LogP contribution is 2.17. The molecule has 19 heavy (non-hydrogen) atoms. The second kappa shape index (κ2) is 6.78. The highest BCUT2D eigenvalue weighted by atomic mass is 16.1. The lowest BCUT2D eigenvalue weighted by molar-refractivity contribution is -0.114. The number of amides is 1. The van der Waals surface area contributed by atoms with Gasteiger partial charge in [-0.25, -0.2) is 4.99 Å². The third-order valence-electron chi connectivity index (χ3n) is 3.16. The molecule has 1 aliphatic carbocycles. The Balaban J connectivity index is 1.75. The van der Waals surface area contributed by atoms with E-state index < -0.39 is 0 Å². The van der Waals surface area contributed by atoms with E-state index in [1.54, 1.807) is 0 Å². The molecule has 1 aromatic carbocycles. The van der Waals surface area contributed by atoms with Crippen molar-refractivity contribution in [1.29, 1.82) is 0 Å². The summed E-state index contributed by atoms with van der Waals surface area (Å²) in [6.45, 7) is 0.0421. The van der Waals surface area contributed by atoms with Crippen molar-refractivity contribution in [3.8, 4) is 0 Å². The summed E-state index contributed by atoms with van der Waals surface area (Å²) in [6, 6.07) is 9.73. The number of anilines is 1. The molecule has 1 amide bonds. The standard InChI is InChI=1S/C14H20N4O/c15-14(18-12-8-4-5-9-12)16-10-13(19)17-11-6-2-1-3-7-11/h1-3,6-7,12H,4-5,8-10H2,(H,17,19)(H3,15,16,18). The lowest BCUT2D eigenvalue weighted by Crippen LogP contribution is -2.39. The minimum atomic E-state index is -0.164. The number of nitrogens with one attached hydrogen (secondary N) is 2. The summed E-state index contributed by atoms with van der Waals surface area (Å²) in [6.07, 6.45) is 4.73. The monoisotopic (exact) mass is 260 g/mol. The molecule has 0 unspecified atom stereocenters. The van der Waals surface area contributed by atoms with Crippen molar-refractivity contribution in [2.24, 2.45) is 10.7 Å². The lowest BCUT2D eigenvalue weighted by Gasteiger charge is -2.12. The first-order valence-electron chi connectivity index (χ1n) is 6.65. The van der Waals surface area contributed by atoms with Crippen LogP contribution in [-0.4, -0.2) is 24.5 Å². The van der Waals surface area contributed by atoms with E-state index in [0.717, 1.165) is 18.5 Å². The van der Waals surface area contributed by atoms with E-state index in [4.69, 9.17) is 5.73 Å². The third-order valence-corrected chi connectivity index (χ3v) is 3.16. The van der Waals surface area contributed by atoms with Gasteiger partial charge in [-0.2, -0.15) is 0 Å². The molecule has 0 heterocycles. The number of nitrogens with two attached hydrogens (primary N) is 1. The zero-order valence-corrected chi connectivity index (χ0v) is 10.9. The first kappa shape index (κ1) is 13.4. The number of carbonyl (C=O) groups excluding carboxylic acids is 1. The van der Waals surface area contributed by atoms with E-state index in [-0.39, 0.29) is 12.5 Å². The molecule has 0 saturated heterocycles. The minimum Gasteiger partial charge on any atom is -0.370 e. The van der Waals surface area contributed by atoms with E-state index in [1.807, 2.05) is 30.3 Å². The number of para-hydroxylation sites is 1. The van der Waals surface area contributed by atoms with Crippen LogP contribution in [0.2, 0.25) is 0 Å². The number of benzene rings is 1. The molecular weight excluding hydrogens is 240 g/mol. The molecule has 1 fully saturated rings. The molecule has 1 aliphatic rings. The number of rotatable bonds is 4. The Morgan fingerprint density at radius 3 is 2.63 bits per heavy atom. The highest BCUT2D eigenvalue weighted by Gasteiger charge is 2.14. The summed E-state index contributed by atoms with van der Waals surface area (Å²) in [5, 5.41) is 5.91. The maximum atomic E-state index is 11.7. The van der Waals surface area contributed by atoms with Crippen molar-refractivity contribution in [3.63, 3.8) is 0 Å². The molecule has 0 radical (unpaired) electrons. The van der Waals surface area contributed by atoms with Gasteiger partial charge in [-0.1, -0.05) is 31.0 Å². The van der Waals surface area contributed by atoms with Gasteiger partial charge in [-0.15, -0.1) is 0 Å². The lowest BCUT2D eigenvalue weighted by atomic mass is 10.2. The zero-order chi connectivity index (χ0) is 13.5. The van der Waals surface area contributed by atoms with Gasteiger partial charge in [0, 0.05) is 11.7 Å². The number of hydrogen-bond donors (Lipinski definition) is 3. The Morgan fingerprint density at radius 2 is 1.95 bits per heavy atom. The van der Waals surface area contributed by atoms with Crippen LogP contribution in [0.5, 0.6) is 0 Å². The molecule has 0 bridgehead atoms. The maximum absolute atomic E-state index is 11.7. The summed E-state index contributed by atoms with van der Waals surface area (Å²) in [5.74, 6) is 0.192. The van der Waals surface area contributed by atoms with Crippen LogP contribution >= 0.6 is 0 Å². The van der Waals surface area contributed by atoms with Crippen LogP contribution in [0.3, 0.4) is 0 Å². The molecule has 0 aromatic heterocycles.